The van der Waals surface area contributed by atoms with Gasteiger partial charge in [0, 0.05) is 17.1 Å². The van der Waals surface area contributed by atoms with E-state index < -0.39 is 0 Å². The average Bonchev–Trinajstić information content (AvgIpc) is 2.73. The summed E-state index contributed by atoms with van der Waals surface area (Å²) < 4.78 is 1.70. The Balaban J connectivity index is 2.27. The summed E-state index contributed by atoms with van der Waals surface area (Å²) in [6, 6.07) is 3.72. The molecule has 0 aromatic carbocycles. The third-order valence-corrected chi connectivity index (χ3v) is 3.49. The van der Waals surface area contributed by atoms with E-state index >= 15 is 0 Å². The molecule has 0 saturated carbocycles. The summed E-state index contributed by atoms with van der Waals surface area (Å²) in [6.45, 7) is 4.48. The molecule has 0 aliphatic carbocycles. The highest BCUT2D eigenvalue weighted by Crippen LogP contribution is 2.10. The summed E-state index contributed by atoms with van der Waals surface area (Å²) in [6.07, 6.45) is 2.76. The fourth-order valence-electron chi connectivity index (χ4n) is 1.54. The van der Waals surface area contributed by atoms with Crippen LogP contribution in [0.3, 0.4) is 0 Å². The Morgan fingerprint density at radius 1 is 1.50 bits per heavy atom. The Labute approximate surface area is 98.4 Å². The Morgan fingerprint density at radius 2 is 2.31 bits per heavy atom. The normalized spacial score (nSPS) is 10.6. The Hall–Kier alpha value is -1.42. The van der Waals surface area contributed by atoms with Crippen molar-refractivity contribution in [2.75, 3.05) is 0 Å². The fraction of sp³-hybridized carbons (Fsp3) is 0.333. The number of rotatable bonds is 3. The van der Waals surface area contributed by atoms with Crippen molar-refractivity contribution in [1.29, 1.82) is 0 Å². The van der Waals surface area contributed by atoms with Crippen LogP contribution in [0.25, 0.3) is 0 Å². The van der Waals surface area contributed by atoms with Crippen molar-refractivity contribution >= 4 is 11.3 Å². The summed E-state index contributed by atoms with van der Waals surface area (Å²) in [7, 11) is 0. The van der Waals surface area contributed by atoms with E-state index in [1.165, 1.54) is 0 Å². The topological polar surface area (TPSA) is 34.9 Å². The van der Waals surface area contributed by atoms with E-state index in [0.717, 1.165) is 22.7 Å². The third kappa shape index (κ3) is 2.22. The first-order valence-corrected chi connectivity index (χ1v) is 6.18. The number of pyridine rings is 1. The Morgan fingerprint density at radius 3 is 3.00 bits per heavy atom. The van der Waals surface area contributed by atoms with Gasteiger partial charge in [-0.1, -0.05) is 13.0 Å². The molecular weight excluding hydrogens is 220 g/mol. The molecule has 0 N–H and O–H groups in total. The number of hydrogen-bond donors (Lipinski definition) is 0. The van der Waals surface area contributed by atoms with Crippen LogP contribution < -0.4 is 5.56 Å². The molecule has 0 saturated heterocycles. The fourth-order valence-corrected chi connectivity index (χ4v) is 2.28. The zero-order valence-corrected chi connectivity index (χ0v) is 10.3. The zero-order chi connectivity index (χ0) is 11.5. The molecule has 0 fully saturated rings. The SMILES string of the molecule is CCc1nc(Cn2cccc(C)c2=O)cs1. The van der Waals surface area contributed by atoms with E-state index in [0.29, 0.717) is 6.54 Å². The van der Waals surface area contributed by atoms with Gasteiger partial charge in [-0.05, 0) is 19.4 Å². The molecule has 0 atom stereocenters. The number of hydrogen-bond acceptors (Lipinski definition) is 3. The van der Waals surface area contributed by atoms with E-state index in [4.69, 9.17) is 0 Å². The van der Waals surface area contributed by atoms with Crippen LogP contribution in [0.15, 0.2) is 28.5 Å². The molecule has 0 spiro atoms. The summed E-state index contributed by atoms with van der Waals surface area (Å²) in [5.41, 5.74) is 1.80. The molecule has 3 nitrogen and oxygen atoms in total. The van der Waals surface area contributed by atoms with Gasteiger partial charge in [0.05, 0.1) is 17.2 Å². The Bertz CT molecular complexity index is 542. The summed E-state index contributed by atoms with van der Waals surface area (Å²) in [5, 5.41) is 3.14. The van der Waals surface area contributed by atoms with E-state index in [-0.39, 0.29) is 5.56 Å². The van der Waals surface area contributed by atoms with E-state index in [1.807, 2.05) is 24.4 Å². The highest BCUT2D eigenvalue weighted by atomic mass is 32.1. The van der Waals surface area contributed by atoms with E-state index in [9.17, 15) is 4.79 Å². The van der Waals surface area contributed by atoms with Crippen LogP contribution in [-0.4, -0.2) is 9.55 Å². The molecule has 2 heterocycles. The smallest absolute Gasteiger partial charge is 0.253 e. The molecule has 0 amide bonds. The zero-order valence-electron chi connectivity index (χ0n) is 9.43. The molecule has 0 radical (unpaired) electrons. The molecule has 84 valence electrons. The second kappa shape index (κ2) is 4.61. The highest BCUT2D eigenvalue weighted by molar-refractivity contribution is 7.09. The van der Waals surface area contributed by atoms with Gasteiger partial charge in [0.2, 0.25) is 0 Å². The van der Waals surface area contributed by atoms with Crippen molar-refractivity contribution in [2.24, 2.45) is 0 Å². The first kappa shape index (κ1) is 11.1. The van der Waals surface area contributed by atoms with Gasteiger partial charge in [0.1, 0.15) is 0 Å². The maximum atomic E-state index is 11.8. The van der Waals surface area contributed by atoms with Crippen LogP contribution in [0.2, 0.25) is 0 Å². The van der Waals surface area contributed by atoms with Crippen molar-refractivity contribution < 1.29 is 0 Å². The van der Waals surface area contributed by atoms with Gasteiger partial charge in [0.25, 0.3) is 5.56 Å². The summed E-state index contributed by atoms with van der Waals surface area (Å²) in [5.74, 6) is 0. The molecule has 2 rings (SSSR count). The van der Waals surface area contributed by atoms with Gasteiger partial charge in [0.15, 0.2) is 0 Å². The van der Waals surface area contributed by atoms with Crippen LogP contribution >= 0.6 is 11.3 Å². The number of nitrogens with zero attached hydrogens (tertiary/aromatic N) is 2. The Kier molecular flexibility index (Phi) is 3.19. The van der Waals surface area contributed by atoms with Crippen LogP contribution in [0.1, 0.15) is 23.2 Å². The van der Waals surface area contributed by atoms with E-state index in [1.54, 1.807) is 22.1 Å². The maximum absolute atomic E-state index is 11.8. The largest absolute Gasteiger partial charge is 0.309 e. The lowest BCUT2D eigenvalue weighted by Crippen LogP contribution is -2.21. The first-order valence-electron chi connectivity index (χ1n) is 5.30. The van der Waals surface area contributed by atoms with Crippen LogP contribution in [-0.2, 0) is 13.0 Å². The monoisotopic (exact) mass is 234 g/mol. The molecule has 0 aliphatic heterocycles. The minimum atomic E-state index is 0.0635. The highest BCUT2D eigenvalue weighted by Gasteiger charge is 2.03. The third-order valence-electron chi connectivity index (χ3n) is 2.44. The predicted molar refractivity (Wildman–Crippen MR) is 66.0 cm³/mol. The molecule has 4 heteroatoms. The number of aromatic nitrogens is 2. The van der Waals surface area contributed by atoms with Gasteiger partial charge < -0.3 is 4.57 Å². The number of thiazole rings is 1. The predicted octanol–water partition coefficient (Wildman–Crippen LogP) is 2.22. The number of aryl methyl sites for hydroxylation is 2. The lowest BCUT2D eigenvalue weighted by molar-refractivity contribution is 0.735. The minimum Gasteiger partial charge on any atom is -0.309 e. The van der Waals surface area contributed by atoms with Gasteiger partial charge >= 0.3 is 0 Å². The summed E-state index contributed by atoms with van der Waals surface area (Å²) >= 11 is 1.65. The van der Waals surface area contributed by atoms with Crippen molar-refractivity contribution in [3.8, 4) is 0 Å². The lowest BCUT2D eigenvalue weighted by Gasteiger charge is -2.03. The van der Waals surface area contributed by atoms with Crippen molar-refractivity contribution in [3.05, 3.63) is 50.3 Å². The average molecular weight is 234 g/mol. The van der Waals surface area contributed by atoms with Gasteiger partial charge in [-0.25, -0.2) is 4.98 Å². The molecule has 0 aliphatic rings. The van der Waals surface area contributed by atoms with Gasteiger partial charge in [-0.2, -0.15) is 0 Å². The molecule has 0 bridgehead atoms. The van der Waals surface area contributed by atoms with E-state index in [2.05, 4.69) is 11.9 Å². The minimum absolute atomic E-state index is 0.0635. The molecule has 2 aromatic heterocycles. The van der Waals surface area contributed by atoms with Gasteiger partial charge in [-0.15, -0.1) is 11.3 Å². The van der Waals surface area contributed by atoms with Gasteiger partial charge in [-0.3, -0.25) is 4.79 Å². The second-order valence-electron chi connectivity index (χ2n) is 3.71. The molecular formula is C12H14N2OS. The molecule has 2 aromatic rings. The van der Waals surface area contributed by atoms with Crippen LogP contribution in [0.5, 0.6) is 0 Å². The summed E-state index contributed by atoms with van der Waals surface area (Å²) in [4.78, 5) is 16.2. The van der Waals surface area contributed by atoms with Crippen molar-refractivity contribution in [3.63, 3.8) is 0 Å². The first-order chi connectivity index (χ1) is 7.70. The molecule has 0 unspecified atom stereocenters. The molecule has 16 heavy (non-hydrogen) atoms. The second-order valence-corrected chi connectivity index (χ2v) is 4.65. The van der Waals surface area contributed by atoms with Crippen molar-refractivity contribution in [2.45, 2.75) is 26.8 Å². The maximum Gasteiger partial charge on any atom is 0.253 e. The van der Waals surface area contributed by atoms with Crippen molar-refractivity contribution in [1.82, 2.24) is 9.55 Å². The standard InChI is InChI=1S/C12H14N2OS/c1-3-11-13-10(8-16-11)7-14-6-4-5-9(2)12(14)15/h4-6,8H,3,7H2,1-2H3. The van der Waals surface area contributed by atoms with Crippen LogP contribution in [0, 0.1) is 6.92 Å². The lowest BCUT2D eigenvalue weighted by atomic mass is 10.3. The van der Waals surface area contributed by atoms with Crippen LogP contribution in [0.4, 0.5) is 0 Å². The quantitative estimate of drug-likeness (QED) is 0.816.